The quantitative estimate of drug-likeness (QED) is 0.707. The van der Waals surface area contributed by atoms with E-state index >= 15 is 0 Å². The van der Waals surface area contributed by atoms with Crippen LogP contribution in [0.2, 0.25) is 0 Å². The monoisotopic (exact) mass is 263 g/mol. The van der Waals surface area contributed by atoms with Crippen molar-refractivity contribution in [2.75, 3.05) is 31.6 Å². The first kappa shape index (κ1) is 12.5. The van der Waals surface area contributed by atoms with Gasteiger partial charge < -0.3 is 4.74 Å². The summed E-state index contributed by atoms with van der Waals surface area (Å²) in [6, 6.07) is 0. The molecule has 0 aromatic carbocycles. The van der Waals surface area contributed by atoms with Gasteiger partial charge in [0.1, 0.15) is 0 Å². The maximum Gasteiger partial charge on any atom is 0.0799 e. The maximum absolute atomic E-state index is 5.60. The number of hydrogen-bond donors (Lipinski definition) is 0. The summed E-state index contributed by atoms with van der Waals surface area (Å²) in [5.74, 6) is 0.836. The minimum Gasteiger partial charge on any atom is -0.375 e. The Hall–Kier alpha value is 0.400. The molecule has 3 heteroatoms. The summed E-state index contributed by atoms with van der Waals surface area (Å²) in [6.45, 7) is 8.94. The van der Waals surface area contributed by atoms with Gasteiger partial charge >= 0.3 is 0 Å². The van der Waals surface area contributed by atoms with Crippen molar-refractivity contribution >= 4 is 15.9 Å². The molecule has 1 aliphatic heterocycles. The standard InChI is InChI=1S/C11H22BrNO/c1-10(2)4-3-5-13-6-7-14-11(8-12)9-13/h10-11H,3-9H2,1-2H3. The predicted octanol–water partition coefficient (Wildman–Crippen LogP) is 2.52. The average molecular weight is 264 g/mol. The van der Waals surface area contributed by atoms with E-state index in [-0.39, 0.29) is 0 Å². The molecule has 0 aliphatic carbocycles. The van der Waals surface area contributed by atoms with Gasteiger partial charge in [-0.05, 0) is 25.3 Å². The highest BCUT2D eigenvalue weighted by Crippen LogP contribution is 2.10. The van der Waals surface area contributed by atoms with Gasteiger partial charge in [0.2, 0.25) is 0 Å². The molecular formula is C11H22BrNO. The van der Waals surface area contributed by atoms with Crippen LogP contribution in [-0.4, -0.2) is 42.6 Å². The smallest absolute Gasteiger partial charge is 0.0799 e. The van der Waals surface area contributed by atoms with E-state index in [1.807, 2.05) is 0 Å². The van der Waals surface area contributed by atoms with E-state index in [1.54, 1.807) is 0 Å². The Morgan fingerprint density at radius 2 is 2.29 bits per heavy atom. The van der Waals surface area contributed by atoms with Crippen LogP contribution in [0.1, 0.15) is 26.7 Å². The molecule has 0 saturated carbocycles. The SMILES string of the molecule is CC(C)CCCN1CCOC(CBr)C1. The number of halogens is 1. The van der Waals surface area contributed by atoms with E-state index in [0.717, 1.165) is 30.9 Å². The summed E-state index contributed by atoms with van der Waals surface area (Å²) in [5.41, 5.74) is 0. The molecule has 1 atom stereocenters. The largest absolute Gasteiger partial charge is 0.375 e. The molecule has 1 heterocycles. The van der Waals surface area contributed by atoms with E-state index < -0.39 is 0 Å². The zero-order chi connectivity index (χ0) is 10.4. The van der Waals surface area contributed by atoms with Crippen LogP contribution >= 0.6 is 15.9 Å². The summed E-state index contributed by atoms with van der Waals surface area (Å²) in [7, 11) is 0. The van der Waals surface area contributed by atoms with Crippen molar-refractivity contribution < 1.29 is 4.74 Å². The Balaban J connectivity index is 2.11. The fourth-order valence-electron chi connectivity index (χ4n) is 1.80. The highest BCUT2D eigenvalue weighted by molar-refractivity contribution is 9.09. The highest BCUT2D eigenvalue weighted by Gasteiger charge is 2.18. The average Bonchev–Trinajstić information content (AvgIpc) is 2.18. The fraction of sp³-hybridized carbons (Fsp3) is 1.00. The zero-order valence-corrected chi connectivity index (χ0v) is 10.9. The first-order chi connectivity index (χ1) is 6.72. The number of nitrogens with zero attached hydrogens (tertiary/aromatic N) is 1. The van der Waals surface area contributed by atoms with Gasteiger partial charge in [-0.3, -0.25) is 4.90 Å². The molecule has 1 unspecified atom stereocenters. The summed E-state index contributed by atoms with van der Waals surface area (Å²) in [4.78, 5) is 2.53. The molecule has 84 valence electrons. The minimum atomic E-state index is 0.405. The maximum atomic E-state index is 5.60. The molecule has 14 heavy (non-hydrogen) atoms. The molecule has 0 aromatic heterocycles. The molecule has 0 bridgehead atoms. The van der Waals surface area contributed by atoms with E-state index in [4.69, 9.17) is 4.74 Å². The van der Waals surface area contributed by atoms with Crippen molar-refractivity contribution in [2.24, 2.45) is 5.92 Å². The third kappa shape index (κ3) is 4.76. The minimum absolute atomic E-state index is 0.405. The number of alkyl halides is 1. The molecule has 1 aliphatic rings. The Morgan fingerprint density at radius 3 is 2.93 bits per heavy atom. The van der Waals surface area contributed by atoms with Crippen LogP contribution < -0.4 is 0 Å². The second-order valence-corrected chi connectivity index (χ2v) is 5.13. The first-order valence-corrected chi connectivity index (χ1v) is 6.74. The molecule has 1 fully saturated rings. The zero-order valence-electron chi connectivity index (χ0n) is 9.34. The van der Waals surface area contributed by atoms with Crippen molar-refractivity contribution in [1.82, 2.24) is 4.90 Å². The van der Waals surface area contributed by atoms with Crippen LogP contribution in [-0.2, 0) is 4.74 Å². The van der Waals surface area contributed by atoms with Gasteiger partial charge in [-0.1, -0.05) is 29.8 Å². The van der Waals surface area contributed by atoms with Gasteiger partial charge in [-0.15, -0.1) is 0 Å². The van der Waals surface area contributed by atoms with Crippen LogP contribution in [0.25, 0.3) is 0 Å². The van der Waals surface area contributed by atoms with Crippen LogP contribution in [0.3, 0.4) is 0 Å². The second-order valence-electron chi connectivity index (χ2n) is 4.48. The normalized spacial score (nSPS) is 24.4. The topological polar surface area (TPSA) is 12.5 Å². The van der Waals surface area contributed by atoms with Gasteiger partial charge in [-0.25, -0.2) is 0 Å². The number of rotatable bonds is 5. The lowest BCUT2D eigenvalue weighted by atomic mass is 10.1. The fourth-order valence-corrected chi connectivity index (χ4v) is 2.19. The van der Waals surface area contributed by atoms with Gasteiger partial charge in [0, 0.05) is 18.4 Å². The molecule has 2 nitrogen and oxygen atoms in total. The van der Waals surface area contributed by atoms with Crippen molar-refractivity contribution in [3.63, 3.8) is 0 Å². The third-order valence-corrected chi connectivity index (χ3v) is 3.37. The van der Waals surface area contributed by atoms with E-state index in [1.165, 1.54) is 19.4 Å². The van der Waals surface area contributed by atoms with Crippen molar-refractivity contribution in [1.29, 1.82) is 0 Å². The lowest BCUT2D eigenvalue weighted by molar-refractivity contribution is -0.0157. The first-order valence-electron chi connectivity index (χ1n) is 5.62. The molecular weight excluding hydrogens is 242 g/mol. The molecule has 0 N–H and O–H groups in total. The Labute approximate surface area is 96.1 Å². The van der Waals surface area contributed by atoms with Gasteiger partial charge in [0.05, 0.1) is 12.7 Å². The Kier molecular flexibility index (Phi) is 6.06. The number of ether oxygens (including phenoxy) is 1. The molecule has 0 spiro atoms. The number of hydrogen-bond acceptors (Lipinski definition) is 2. The Morgan fingerprint density at radius 1 is 1.50 bits per heavy atom. The van der Waals surface area contributed by atoms with E-state index in [9.17, 15) is 0 Å². The van der Waals surface area contributed by atoms with Gasteiger partial charge in [-0.2, -0.15) is 0 Å². The van der Waals surface area contributed by atoms with E-state index in [2.05, 4.69) is 34.7 Å². The summed E-state index contributed by atoms with van der Waals surface area (Å²) < 4.78 is 5.60. The number of morpholine rings is 1. The lowest BCUT2D eigenvalue weighted by Gasteiger charge is -2.32. The molecule has 0 radical (unpaired) electrons. The second kappa shape index (κ2) is 6.81. The van der Waals surface area contributed by atoms with E-state index in [0.29, 0.717) is 6.10 Å². The predicted molar refractivity (Wildman–Crippen MR) is 64.0 cm³/mol. The Bertz CT molecular complexity index is 152. The summed E-state index contributed by atoms with van der Waals surface area (Å²) in [5, 5.41) is 0.966. The van der Waals surface area contributed by atoms with Gasteiger partial charge in [0.15, 0.2) is 0 Å². The lowest BCUT2D eigenvalue weighted by Crippen LogP contribution is -2.43. The molecule has 1 rings (SSSR count). The highest BCUT2D eigenvalue weighted by atomic mass is 79.9. The van der Waals surface area contributed by atoms with Crippen molar-refractivity contribution in [3.8, 4) is 0 Å². The van der Waals surface area contributed by atoms with Crippen LogP contribution in [0.15, 0.2) is 0 Å². The van der Waals surface area contributed by atoms with Crippen molar-refractivity contribution in [2.45, 2.75) is 32.8 Å². The van der Waals surface area contributed by atoms with Crippen LogP contribution in [0, 0.1) is 5.92 Å². The van der Waals surface area contributed by atoms with Crippen LogP contribution in [0.5, 0.6) is 0 Å². The third-order valence-electron chi connectivity index (χ3n) is 2.65. The summed E-state index contributed by atoms with van der Waals surface area (Å²) >= 11 is 3.48. The van der Waals surface area contributed by atoms with Crippen molar-refractivity contribution in [3.05, 3.63) is 0 Å². The molecule has 0 amide bonds. The summed E-state index contributed by atoms with van der Waals surface area (Å²) in [6.07, 6.45) is 3.08. The molecule has 1 saturated heterocycles. The van der Waals surface area contributed by atoms with Crippen LogP contribution in [0.4, 0.5) is 0 Å². The van der Waals surface area contributed by atoms with Gasteiger partial charge in [0.25, 0.3) is 0 Å². The molecule has 0 aromatic rings.